The van der Waals surface area contributed by atoms with Gasteiger partial charge in [-0.25, -0.2) is 0 Å². The van der Waals surface area contributed by atoms with Crippen LogP contribution in [0.2, 0.25) is 0 Å². The first-order valence-corrected chi connectivity index (χ1v) is 7.02. The first-order chi connectivity index (χ1) is 6.86. The quantitative estimate of drug-likeness (QED) is 0.478. The smallest absolute Gasteiger partial charge is 0.0612 e. The Kier molecular flexibility index (Phi) is 2.96. The van der Waals surface area contributed by atoms with Crippen molar-refractivity contribution in [2.75, 3.05) is 0 Å². The number of hydrogen-bond acceptors (Lipinski definition) is 0. The molecule has 0 spiro atoms. The van der Waals surface area contributed by atoms with Crippen LogP contribution in [0.25, 0.3) is 0 Å². The molecule has 1 heterocycles. The normalized spacial score (nSPS) is 28.4. The van der Waals surface area contributed by atoms with E-state index in [1.807, 2.05) is 0 Å². The number of hydrogen-bond donors (Lipinski definition) is 0. The second-order valence-corrected chi connectivity index (χ2v) is 6.68. The summed E-state index contributed by atoms with van der Waals surface area (Å²) in [6.07, 6.45) is 5.45. The van der Waals surface area contributed by atoms with E-state index in [0.29, 0.717) is 0 Å². The molecule has 0 aromatic heterocycles. The van der Waals surface area contributed by atoms with Crippen molar-refractivity contribution in [1.29, 1.82) is 0 Å². The van der Waals surface area contributed by atoms with Crippen LogP contribution in [-0.4, -0.2) is 16.6 Å². The molecule has 1 aliphatic carbocycles. The summed E-state index contributed by atoms with van der Waals surface area (Å²) in [7, 11) is -0.00386. The van der Waals surface area contributed by atoms with Crippen LogP contribution in [-0.2, 0) is 0 Å². The van der Waals surface area contributed by atoms with Crippen LogP contribution in [0.5, 0.6) is 0 Å². The molecule has 2 aliphatic rings. The summed E-state index contributed by atoms with van der Waals surface area (Å²) in [6.45, 7) is 4.63. The molecule has 1 fully saturated rings. The van der Waals surface area contributed by atoms with E-state index in [9.17, 15) is 0 Å². The van der Waals surface area contributed by atoms with Crippen molar-refractivity contribution in [3.8, 4) is 23.7 Å². The summed E-state index contributed by atoms with van der Waals surface area (Å²) in [6, 6.07) is 0. The molecule has 0 aromatic rings. The molecule has 0 nitrogen and oxygen atoms in total. The van der Waals surface area contributed by atoms with Crippen molar-refractivity contribution in [1.82, 2.24) is 0 Å². The zero-order valence-electron chi connectivity index (χ0n) is 8.93. The van der Waals surface area contributed by atoms with Crippen LogP contribution < -0.4 is 0 Å². The monoisotopic (exact) mass is 203 g/mol. The Morgan fingerprint density at radius 3 is 2.00 bits per heavy atom. The number of rotatable bonds is 2. The first kappa shape index (κ1) is 9.83. The molecule has 0 aromatic carbocycles. The Morgan fingerprint density at radius 2 is 1.57 bits per heavy atom. The van der Waals surface area contributed by atoms with E-state index in [-0.39, 0.29) is 7.55 Å². The summed E-state index contributed by atoms with van der Waals surface area (Å²) in [5.74, 6) is 12.2. The van der Waals surface area contributed by atoms with Gasteiger partial charge in [-0.2, -0.15) is 0 Å². The lowest BCUT2D eigenvalue weighted by Crippen LogP contribution is -2.02. The van der Waals surface area contributed by atoms with Gasteiger partial charge in [0, 0.05) is 11.8 Å². The first-order valence-electron chi connectivity index (χ1n) is 5.54. The minimum absolute atomic E-state index is 0.00386. The van der Waals surface area contributed by atoms with E-state index in [1.165, 1.54) is 31.0 Å². The maximum Gasteiger partial charge on any atom is 0.245 e. The zero-order chi connectivity index (χ0) is 9.97. The van der Waals surface area contributed by atoms with Crippen LogP contribution >= 0.6 is 7.55 Å². The summed E-state index contributed by atoms with van der Waals surface area (Å²) in [5.41, 5.74) is 1.82. The average molecular weight is 203 g/mol. The molecule has 14 heavy (non-hydrogen) atoms. The molecule has 1 aliphatic heterocycles. The van der Waals surface area contributed by atoms with Crippen molar-refractivity contribution in [3.05, 3.63) is 0 Å². The average Bonchev–Trinajstić information content (AvgIpc) is 2.85. The van der Waals surface area contributed by atoms with Crippen LogP contribution in [0.3, 0.4) is 0 Å². The van der Waals surface area contributed by atoms with E-state index in [0.717, 1.165) is 11.3 Å². The molecule has 0 saturated carbocycles. The highest BCUT2D eigenvalue weighted by Gasteiger charge is 2.41. The van der Waals surface area contributed by atoms with Gasteiger partial charge in [-0.1, -0.05) is 13.8 Å². The van der Waals surface area contributed by atoms with Gasteiger partial charge >= 0.3 is 0 Å². The van der Waals surface area contributed by atoms with E-state index in [2.05, 4.69) is 37.5 Å². The topological polar surface area (TPSA) is 0 Å². The van der Waals surface area contributed by atoms with Crippen LogP contribution in [0.15, 0.2) is 0 Å². The minimum Gasteiger partial charge on any atom is -0.0612 e. The van der Waals surface area contributed by atoms with Crippen molar-refractivity contribution in [2.24, 2.45) is 0 Å². The molecule has 0 amide bonds. The van der Waals surface area contributed by atoms with Crippen LogP contribution in [0.1, 0.15) is 39.5 Å². The molecule has 2 rings (SSSR count). The van der Waals surface area contributed by atoms with E-state index >= 15 is 0 Å². The van der Waals surface area contributed by atoms with Gasteiger partial charge in [0.25, 0.3) is 0 Å². The van der Waals surface area contributed by atoms with E-state index < -0.39 is 0 Å². The Bertz CT molecular complexity index is 345. The zero-order valence-corrected chi connectivity index (χ0v) is 9.82. The summed E-state index contributed by atoms with van der Waals surface area (Å²) >= 11 is 0. The Balaban J connectivity index is 2.36. The molecule has 0 N–H and O–H groups in total. The molecule has 1 saturated heterocycles. The fourth-order valence-corrected chi connectivity index (χ4v) is 5.81. The van der Waals surface area contributed by atoms with Crippen molar-refractivity contribution >= 4 is 12.8 Å². The lowest BCUT2D eigenvalue weighted by molar-refractivity contribution is 0.696. The van der Waals surface area contributed by atoms with Crippen LogP contribution in [0, 0.1) is 23.7 Å². The molecule has 0 bridgehead atoms. The predicted molar refractivity (Wildman–Crippen MR) is 64.9 cm³/mol. The molecular formula is C13H16P+. The lowest BCUT2D eigenvalue weighted by Gasteiger charge is -2.02. The van der Waals surface area contributed by atoms with Gasteiger partial charge in [0.15, 0.2) is 0 Å². The molecule has 1 heteroatoms. The SMILES string of the molecule is CC[C@@H]1CC[C@@H](CC)[P+]1=C1C#CC#C1. The fraction of sp³-hybridized carbons (Fsp3) is 0.615. The van der Waals surface area contributed by atoms with Gasteiger partial charge in [0.1, 0.15) is 18.9 Å². The highest BCUT2D eigenvalue weighted by Crippen LogP contribution is 2.51. The maximum absolute atomic E-state index is 3.20. The molecule has 72 valence electrons. The van der Waals surface area contributed by atoms with E-state index in [1.54, 1.807) is 0 Å². The molecular weight excluding hydrogens is 187 g/mol. The van der Waals surface area contributed by atoms with Crippen molar-refractivity contribution in [2.45, 2.75) is 50.8 Å². The third kappa shape index (κ3) is 1.61. The minimum atomic E-state index is -0.00386. The molecule has 0 radical (unpaired) electrons. The van der Waals surface area contributed by atoms with Crippen LogP contribution in [0.4, 0.5) is 0 Å². The second-order valence-electron chi connectivity index (χ2n) is 3.96. The van der Waals surface area contributed by atoms with Gasteiger partial charge in [0.05, 0.1) is 0 Å². The largest absolute Gasteiger partial charge is 0.245 e. The Morgan fingerprint density at radius 1 is 1.07 bits per heavy atom. The molecule has 0 unspecified atom stereocenters. The third-order valence-electron chi connectivity index (χ3n) is 3.24. The summed E-state index contributed by atoms with van der Waals surface area (Å²) in [5, 5.41) is 1.30. The van der Waals surface area contributed by atoms with Crippen molar-refractivity contribution in [3.63, 3.8) is 0 Å². The standard InChI is InChI=1S/C13H16P/c1-3-11-9-10-12(4-2)14(11)13-7-5-6-8-13/h11-12H,3-4,9-10H2,1-2H3/q+1/t11-,12-/m1/s1. The van der Waals surface area contributed by atoms with Crippen molar-refractivity contribution < 1.29 is 0 Å². The van der Waals surface area contributed by atoms with Gasteiger partial charge in [-0.15, -0.1) is 0 Å². The van der Waals surface area contributed by atoms with Gasteiger partial charge in [-0.05, 0) is 37.5 Å². The fourth-order valence-electron chi connectivity index (χ4n) is 2.47. The maximum atomic E-state index is 3.20. The van der Waals surface area contributed by atoms with E-state index in [4.69, 9.17) is 0 Å². The predicted octanol–water partition coefficient (Wildman–Crippen LogP) is 3.01. The second kappa shape index (κ2) is 4.21. The summed E-state index contributed by atoms with van der Waals surface area (Å²) < 4.78 is 0. The molecule has 2 atom stereocenters. The highest BCUT2D eigenvalue weighted by molar-refractivity contribution is 7.62. The lowest BCUT2D eigenvalue weighted by atomic mass is 10.1. The Labute approximate surface area is 87.9 Å². The highest BCUT2D eigenvalue weighted by atomic mass is 31.1. The van der Waals surface area contributed by atoms with Gasteiger partial charge in [-0.3, -0.25) is 0 Å². The Hall–Kier alpha value is -0.710. The summed E-state index contributed by atoms with van der Waals surface area (Å²) in [4.78, 5) is 0. The van der Waals surface area contributed by atoms with Gasteiger partial charge in [0.2, 0.25) is 5.29 Å². The van der Waals surface area contributed by atoms with Gasteiger partial charge < -0.3 is 0 Å². The third-order valence-corrected chi connectivity index (χ3v) is 6.81.